The number of unbranched alkanes of at least 4 members (excludes halogenated alkanes) is 2. The van der Waals surface area contributed by atoms with Crippen LogP contribution in [0.4, 0.5) is 0 Å². The van der Waals surface area contributed by atoms with Crippen molar-refractivity contribution in [3.8, 4) is 11.5 Å². The Morgan fingerprint density at radius 1 is 0.442 bits per heavy atom. The van der Waals surface area contributed by atoms with Crippen LogP contribution in [0.15, 0.2) is 48.5 Å². The van der Waals surface area contributed by atoms with Crippen LogP contribution in [0, 0.1) is 0 Å². The number of benzene rings is 3. The average molecular weight is 753 g/mol. The third-order valence-corrected chi connectivity index (χ3v) is 12.7. The van der Waals surface area contributed by atoms with Gasteiger partial charge in [-0.25, -0.2) is 0 Å². The van der Waals surface area contributed by atoms with Gasteiger partial charge in [-0.15, -0.1) is 22.7 Å². The summed E-state index contributed by atoms with van der Waals surface area (Å²) in [6.07, 6.45) is 4.67. The molecule has 0 aliphatic heterocycles. The molecule has 286 valence electrons. The third-order valence-electron chi connectivity index (χ3n) is 10.5. The fraction of sp³-hybridized carbons (Fsp3) is 0.571. The lowest BCUT2D eigenvalue weighted by atomic mass is 10.2. The number of fused-ring (bicyclic) bond motifs is 4. The Labute approximate surface area is 321 Å². The second-order valence-corrected chi connectivity index (χ2v) is 20.3. The Bertz CT molecular complexity index is 1870. The number of aryl methyl sites for hydroxylation is 2. The van der Waals surface area contributed by atoms with E-state index in [1.54, 1.807) is 14.2 Å². The fourth-order valence-corrected chi connectivity index (χ4v) is 9.22. The highest BCUT2D eigenvalue weighted by molar-refractivity contribution is 7.25. The number of nitrogens with zero attached hydrogens (tertiary/aromatic N) is 6. The van der Waals surface area contributed by atoms with E-state index in [1.807, 2.05) is 22.7 Å². The Balaban J connectivity index is 1.51. The number of ether oxygens (including phenoxy) is 2. The van der Waals surface area contributed by atoms with E-state index in [0.717, 1.165) is 55.4 Å². The van der Waals surface area contributed by atoms with E-state index in [1.165, 1.54) is 93.0 Å². The van der Waals surface area contributed by atoms with Crippen LogP contribution < -0.4 is 9.47 Å². The maximum atomic E-state index is 5.70. The van der Waals surface area contributed by atoms with E-state index in [9.17, 15) is 0 Å². The van der Waals surface area contributed by atoms with Crippen molar-refractivity contribution < 1.29 is 27.4 Å². The van der Waals surface area contributed by atoms with Gasteiger partial charge in [0.15, 0.2) is 0 Å². The number of methoxy groups -OCH3 is 2. The zero-order chi connectivity index (χ0) is 37.9. The van der Waals surface area contributed by atoms with Crippen LogP contribution in [0.1, 0.15) is 25.7 Å². The van der Waals surface area contributed by atoms with Crippen molar-refractivity contribution in [1.82, 2.24) is 9.13 Å². The van der Waals surface area contributed by atoms with Crippen LogP contribution in [0.3, 0.4) is 0 Å². The maximum absolute atomic E-state index is 5.70. The van der Waals surface area contributed by atoms with E-state index in [4.69, 9.17) is 9.47 Å². The van der Waals surface area contributed by atoms with Crippen LogP contribution in [-0.4, -0.2) is 151 Å². The summed E-state index contributed by atoms with van der Waals surface area (Å²) < 4.78 is 25.9. The molecule has 5 rings (SSSR count). The lowest BCUT2D eigenvalue weighted by molar-refractivity contribution is -0.937. The summed E-state index contributed by atoms with van der Waals surface area (Å²) in [4.78, 5) is 0. The van der Waals surface area contributed by atoms with Crippen LogP contribution in [0.2, 0.25) is 0 Å². The summed E-state index contributed by atoms with van der Waals surface area (Å²) in [5, 5.41) is 0. The van der Waals surface area contributed by atoms with Gasteiger partial charge in [0.1, 0.15) is 37.7 Å². The molecule has 0 fully saturated rings. The molecule has 3 aromatic carbocycles. The van der Waals surface area contributed by atoms with Gasteiger partial charge in [-0.1, -0.05) is 0 Å². The Hall–Kier alpha value is -2.86. The monoisotopic (exact) mass is 752 g/mol. The highest BCUT2D eigenvalue weighted by Gasteiger charge is 2.21. The molecule has 2 aromatic heterocycles. The van der Waals surface area contributed by atoms with E-state index in [2.05, 4.69) is 128 Å². The summed E-state index contributed by atoms with van der Waals surface area (Å²) in [7, 11) is 26.8. The zero-order valence-corrected chi connectivity index (χ0v) is 36.1. The molecule has 0 aliphatic carbocycles. The number of rotatable bonds is 18. The molecule has 0 saturated heterocycles. The van der Waals surface area contributed by atoms with Gasteiger partial charge in [0.05, 0.1) is 139 Å². The molecule has 0 saturated carbocycles. The zero-order valence-electron chi connectivity index (χ0n) is 34.4. The molecule has 0 radical (unpaired) electrons. The molecule has 5 aromatic rings. The molecule has 10 heteroatoms. The second-order valence-electron chi connectivity index (χ2n) is 18.2. The third kappa shape index (κ3) is 10.6. The van der Waals surface area contributed by atoms with Crippen molar-refractivity contribution in [3.05, 3.63) is 48.5 Å². The van der Waals surface area contributed by atoms with Crippen molar-refractivity contribution >= 4 is 63.5 Å². The summed E-state index contributed by atoms with van der Waals surface area (Å²) >= 11 is 3.77. The van der Waals surface area contributed by atoms with Gasteiger partial charge >= 0.3 is 0 Å². The molecule has 8 nitrogen and oxygen atoms in total. The molecule has 52 heavy (non-hydrogen) atoms. The topological polar surface area (TPSA) is 28.3 Å². The fourth-order valence-electron chi connectivity index (χ4n) is 6.94. The summed E-state index contributed by atoms with van der Waals surface area (Å²) in [6, 6.07) is 18.1. The summed E-state index contributed by atoms with van der Waals surface area (Å²) in [6.45, 7) is 9.09. The molecule has 0 amide bonds. The van der Waals surface area contributed by atoms with Crippen molar-refractivity contribution in [2.75, 3.05) is 124 Å². The van der Waals surface area contributed by atoms with Gasteiger partial charge in [0.2, 0.25) is 0 Å². The first-order valence-corrected chi connectivity index (χ1v) is 20.7. The average Bonchev–Trinajstić information content (AvgIpc) is 3.07. The van der Waals surface area contributed by atoms with Crippen LogP contribution in [0.5, 0.6) is 11.5 Å². The van der Waals surface area contributed by atoms with E-state index < -0.39 is 0 Å². The van der Waals surface area contributed by atoms with Crippen LogP contribution in [-0.2, 0) is 13.1 Å². The quantitative estimate of drug-likeness (QED) is 0.0512. The second kappa shape index (κ2) is 16.2. The first-order chi connectivity index (χ1) is 24.4. The molecule has 0 atom stereocenters. The molecule has 0 aliphatic rings. The number of likely N-dealkylation sites (N-methyl/N-ethyl adjacent to an activating group) is 4. The number of aromatic nitrogens is 2. The van der Waals surface area contributed by atoms with E-state index >= 15 is 0 Å². The molecule has 0 unspecified atom stereocenters. The molecular weight excluding hydrogens is 685 g/mol. The van der Waals surface area contributed by atoms with Crippen LogP contribution in [0.25, 0.3) is 40.9 Å². The summed E-state index contributed by atoms with van der Waals surface area (Å²) in [5.41, 5.74) is 5.19. The minimum Gasteiger partial charge on any atom is -0.497 e. The largest absolute Gasteiger partial charge is 0.497 e. The van der Waals surface area contributed by atoms with E-state index in [-0.39, 0.29) is 0 Å². The molecule has 2 heterocycles. The predicted octanol–water partition coefficient (Wildman–Crippen LogP) is 8.29. The molecular formula is C42H68N6O2S2+4. The highest BCUT2D eigenvalue weighted by atomic mass is 32.1. The standard InChI is InChI=1S/C42H68N6O2S2/c1-45(2,3)25-27-47(7,8)23-15-13-21-43-35-19-17-33(49-11)29-39(35)51-41-32-38-42(31-37(41)43)52-40-30-34(50-12)18-20-36(40)44(38)22-14-16-24-48(9,10)28-26-46(4,5)6/h17-20,29-32H,13-16,21-28H2,1-12H3/q+4. The van der Waals surface area contributed by atoms with Gasteiger partial charge in [-0.3, -0.25) is 0 Å². The first kappa shape index (κ1) is 40.3. The molecule has 0 N–H and O–H groups in total. The molecule has 0 spiro atoms. The number of hydrogen-bond acceptors (Lipinski definition) is 4. The lowest BCUT2D eigenvalue weighted by Gasteiger charge is -2.33. The maximum Gasteiger partial charge on any atom is 0.128 e. The smallest absolute Gasteiger partial charge is 0.128 e. The summed E-state index contributed by atoms with van der Waals surface area (Å²) in [5.74, 6) is 1.82. The van der Waals surface area contributed by atoms with Gasteiger partial charge in [-0.05, 0) is 74.2 Å². The van der Waals surface area contributed by atoms with Gasteiger partial charge in [-0.2, -0.15) is 0 Å². The Kier molecular flexibility index (Phi) is 12.6. The van der Waals surface area contributed by atoms with Gasteiger partial charge in [0.25, 0.3) is 0 Å². The Morgan fingerprint density at radius 2 is 0.808 bits per heavy atom. The molecule has 0 bridgehead atoms. The van der Waals surface area contributed by atoms with Crippen molar-refractivity contribution in [3.63, 3.8) is 0 Å². The highest BCUT2D eigenvalue weighted by Crippen LogP contribution is 2.38. The first-order valence-electron chi connectivity index (χ1n) is 19.1. The van der Waals surface area contributed by atoms with Gasteiger partial charge < -0.3 is 36.5 Å². The van der Waals surface area contributed by atoms with Crippen molar-refractivity contribution in [2.24, 2.45) is 0 Å². The minimum absolute atomic E-state index is 0.909. The Morgan fingerprint density at radius 3 is 1.15 bits per heavy atom. The number of quaternary nitrogens is 4. The normalized spacial score (nSPS) is 13.2. The van der Waals surface area contributed by atoms with Crippen molar-refractivity contribution in [2.45, 2.75) is 38.8 Å². The van der Waals surface area contributed by atoms with Gasteiger partial charge in [0, 0.05) is 13.1 Å². The number of hydrogen-bond donors (Lipinski definition) is 0. The predicted molar refractivity (Wildman–Crippen MR) is 227 cm³/mol. The lowest BCUT2D eigenvalue weighted by Crippen LogP contribution is -2.49. The SMILES string of the molecule is COc1ccc2c(c1)sc1cc3c(cc1n2CCCC[N+](C)(C)CC[N+](C)(C)C)sc1cc(OC)ccc1n3CCCC[N+](C)(C)CC[N+](C)(C)C. The van der Waals surface area contributed by atoms with Crippen LogP contribution >= 0.6 is 22.7 Å². The van der Waals surface area contributed by atoms with Crippen molar-refractivity contribution in [1.29, 1.82) is 0 Å². The van der Waals surface area contributed by atoms with E-state index in [0.29, 0.717) is 0 Å². The minimum atomic E-state index is 0.909.